The van der Waals surface area contributed by atoms with Gasteiger partial charge in [-0.3, -0.25) is 14.6 Å². The average Bonchev–Trinajstić information content (AvgIpc) is 2.67. The second-order valence-corrected chi connectivity index (χ2v) is 8.19. The highest BCUT2D eigenvalue weighted by Crippen LogP contribution is 2.28. The Morgan fingerprint density at radius 3 is 2.36 bits per heavy atom. The third-order valence-corrected chi connectivity index (χ3v) is 4.80. The third-order valence-electron chi connectivity index (χ3n) is 4.80. The molecule has 1 saturated heterocycles. The summed E-state index contributed by atoms with van der Waals surface area (Å²) in [4.78, 5) is 28.0. The molecule has 0 aromatic heterocycles. The lowest BCUT2D eigenvalue weighted by Crippen LogP contribution is -2.51. The summed E-state index contributed by atoms with van der Waals surface area (Å²) in [5.74, 6) is 0. The molecule has 148 valence electrons. The van der Waals surface area contributed by atoms with E-state index in [2.05, 4.69) is 17.0 Å². The molecule has 1 aliphatic rings. The van der Waals surface area contributed by atoms with Gasteiger partial charge in [0.15, 0.2) is 0 Å². The lowest BCUT2D eigenvalue weighted by atomic mass is 10.0. The van der Waals surface area contributed by atoms with Crippen LogP contribution >= 0.6 is 0 Å². The van der Waals surface area contributed by atoms with E-state index in [-0.39, 0.29) is 12.1 Å². The van der Waals surface area contributed by atoms with Gasteiger partial charge in [0.2, 0.25) is 0 Å². The maximum Gasteiger partial charge on any atom is 0.410 e. The number of rotatable bonds is 4. The number of aldehydes is 1. The maximum atomic E-state index is 12.8. The van der Waals surface area contributed by atoms with E-state index < -0.39 is 5.60 Å². The first-order valence-corrected chi connectivity index (χ1v) is 9.67. The third kappa shape index (κ3) is 5.20. The van der Waals surface area contributed by atoms with E-state index in [1.54, 1.807) is 12.1 Å². The molecule has 5 nitrogen and oxygen atoms in total. The molecule has 0 bridgehead atoms. The molecule has 1 amide bonds. The minimum Gasteiger partial charge on any atom is -0.444 e. The van der Waals surface area contributed by atoms with Gasteiger partial charge in [-0.15, -0.1) is 0 Å². The first kappa shape index (κ1) is 20.1. The smallest absolute Gasteiger partial charge is 0.410 e. The molecule has 0 saturated carbocycles. The van der Waals surface area contributed by atoms with Crippen LogP contribution in [0.5, 0.6) is 0 Å². The Bertz CT molecular complexity index is 797. The molecule has 5 heteroatoms. The van der Waals surface area contributed by atoms with Crippen molar-refractivity contribution in [2.75, 3.05) is 19.6 Å². The number of piperazine rings is 1. The van der Waals surface area contributed by atoms with Crippen molar-refractivity contribution >= 4 is 12.4 Å². The monoisotopic (exact) mass is 380 g/mol. The summed E-state index contributed by atoms with van der Waals surface area (Å²) in [6.45, 7) is 8.58. The number of ether oxygens (including phenoxy) is 1. The number of carbonyl (C=O) groups is 2. The molecule has 3 rings (SSSR count). The highest BCUT2D eigenvalue weighted by Gasteiger charge is 2.34. The molecular formula is C23H28N2O3. The van der Waals surface area contributed by atoms with Crippen LogP contribution < -0.4 is 0 Å². The first-order valence-electron chi connectivity index (χ1n) is 9.67. The lowest BCUT2D eigenvalue weighted by Gasteiger charge is -2.42. The SMILES string of the molecule is CC(C)(C)OC(=O)N1CCN(Cc2ccccc2)CC1c1ccc(C=O)cc1. The van der Waals surface area contributed by atoms with E-state index in [9.17, 15) is 9.59 Å². The fourth-order valence-corrected chi connectivity index (χ4v) is 3.45. The molecule has 1 atom stereocenters. The summed E-state index contributed by atoms with van der Waals surface area (Å²) in [6.07, 6.45) is 0.536. The van der Waals surface area contributed by atoms with Gasteiger partial charge in [-0.2, -0.15) is 0 Å². The Morgan fingerprint density at radius 1 is 1.07 bits per heavy atom. The predicted molar refractivity (Wildman–Crippen MR) is 109 cm³/mol. The van der Waals surface area contributed by atoms with Gasteiger partial charge >= 0.3 is 6.09 Å². The Kier molecular flexibility index (Phi) is 6.15. The van der Waals surface area contributed by atoms with Gasteiger partial charge in [0.25, 0.3) is 0 Å². The summed E-state index contributed by atoms with van der Waals surface area (Å²) in [5, 5.41) is 0. The second kappa shape index (κ2) is 8.57. The van der Waals surface area contributed by atoms with Crippen LogP contribution in [0.25, 0.3) is 0 Å². The summed E-state index contributed by atoms with van der Waals surface area (Å²) in [5.41, 5.74) is 2.35. The van der Waals surface area contributed by atoms with E-state index in [1.165, 1.54) is 5.56 Å². The number of amides is 1. The zero-order valence-electron chi connectivity index (χ0n) is 16.8. The molecule has 0 N–H and O–H groups in total. The van der Waals surface area contributed by atoms with Crippen LogP contribution in [-0.2, 0) is 11.3 Å². The number of nitrogens with zero attached hydrogens (tertiary/aromatic N) is 2. The van der Waals surface area contributed by atoms with Crippen LogP contribution in [0, 0.1) is 0 Å². The van der Waals surface area contributed by atoms with Crippen molar-refractivity contribution in [3.63, 3.8) is 0 Å². The van der Waals surface area contributed by atoms with Gasteiger partial charge in [-0.25, -0.2) is 4.79 Å². The fourth-order valence-electron chi connectivity index (χ4n) is 3.45. The van der Waals surface area contributed by atoms with Crippen LogP contribution in [0.1, 0.15) is 48.3 Å². The van der Waals surface area contributed by atoms with Crippen LogP contribution in [0.4, 0.5) is 4.79 Å². The van der Waals surface area contributed by atoms with Crippen LogP contribution in [0.15, 0.2) is 54.6 Å². The normalized spacial score (nSPS) is 18.0. The van der Waals surface area contributed by atoms with Crippen molar-refractivity contribution in [2.24, 2.45) is 0 Å². The van der Waals surface area contributed by atoms with E-state index in [1.807, 2.05) is 56.0 Å². The molecule has 1 unspecified atom stereocenters. The highest BCUT2D eigenvalue weighted by molar-refractivity contribution is 5.74. The Morgan fingerprint density at radius 2 is 1.75 bits per heavy atom. The summed E-state index contributed by atoms with van der Waals surface area (Å²) < 4.78 is 5.64. The average molecular weight is 380 g/mol. The van der Waals surface area contributed by atoms with Gasteiger partial charge < -0.3 is 4.74 Å². The van der Waals surface area contributed by atoms with Crippen molar-refractivity contribution in [2.45, 2.75) is 39.0 Å². The number of carbonyl (C=O) groups excluding carboxylic acids is 2. The molecule has 2 aromatic rings. The van der Waals surface area contributed by atoms with Gasteiger partial charge in [-0.05, 0) is 31.9 Å². The zero-order chi connectivity index (χ0) is 20.1. The van der Waals surface area contributed by atoms with Gasteiger partial charge in [0.05, 0.1) is 6.04 Å². The Hall–Kier alpha value is -2.66. The molecule has 0 radical (unpaired) electrons. The molecule has 28 heavy (non-hydrogen) atoms. The second-order valence-electron chi connectivity index (χ2n) is 8.19. The van der Waals surface area contributed by atoms with Gasteiger partial charge in [-0.1, -0.05) is 54.6 Å². The minimum absolute atomic E-state index is 0.118. The fraction of sp³-hybridized carbons (Fsp3) is 0.391. The molecule has 2 aromatic carbocycles. The Balaban J connectivity index is 1.81. The molecule has 1 aliphatic heterocycles. The quantitative estimate of drug-likeness (QED) is 0.743. The van der Waals surface area contributed by atoms with E-state index in [4.69, 9.17) is 4.74 Å². The number of benzene rings is 2. The van der Waals surface area contributed by atoms with Crippen molar-refractivity contribution in [1.29, 1.82) is 0 Å². The summed E-state index contributed by atoms with van der Waals surface area (Å²) in [7, 11) is 0. The molecule has 0 aliphatic carbocycles. The molecular weight excluding hydrogens is 352 g/mol. The first-order chi connectivity index (χ1) is 13.4. The summed E-state index contributed by atoms with van der Waals surface area (Å²) in [6, 6.07) is 17.7. The van der Waals surface area contributed by atoms with Crippen molar-refractivity contribution in [3.05, 3.63) is 71.3 Å². The van der Waals surface area contributed by atoms with Crippen molar-refractivity contribution in [3.8, 4) is 0 Å². The standard InChI is InChI=1S/C23H28N2O3/c1-23(2,3)28-22(27)25-14-13-24(15-18-7-5-4-6-8-18)16-21(25)20-11-9-19(17-26)10-12-20/h4-12,17,21H,13-16H2,1-3H3. The topological polar surface area (TPSA) is 49.9 Å². The van der Waals surface area contributed by atoms with E-state index in [0.717, 1.165) is 24.9 Å². The molecule has 1 fully saturated rings. The van der Waals surface area contributed by atoms with Crippen molar-refractivity contribution < 1.29 is 14.3 Å². The number of hydrogen-bond acceptors (Lipinski definition) is 4. The maximum absolute atomic E-state index is 12.8. The van der Waals surface area contributed by atoms with Crippen LogP contribution in [0.3, 0.4) is 0 Å². The largest absolute Gasteiger partial charge is 0.444 e. The van der Waals surface area contributed by atoms with Gasteiger partial charge in [0.1, 0.15) is 11.9 Å². The molecule has 1 heterocycles. The van der Waals surface area contributed by atoms with Gasteiger partial charge in [0, 0.05) is 31.7 Å². The lowest BCUT2D eigenvalue weighted by molar-refractivity contribution is -0.00299. The van der Waals surface area contributed by atoms with E-state index >= 15 is 0 Å². The van der Waals surface area contributed by atoms with Crippen molar-refractivity contribution in [1.82, 2.24) is 9.80 Å². The Labute approximate surface area is 166 Å². The van der Waals surface area contributed by atoms with E-state index in [0.29, 0.717) is 18.7 Å². The summed E-state index contributed by atoms with van der Waals surface area (Å²) >= 11 is 0. The zero-order valence-corrected chi connectivity index (χ0v) is 16.8. The van der Waals surface area contributed by atoms with Crippen LogP contribution in [-0.4, -0.2) is 47.4 Å². The number of hydrogen-bond donors (Lipinski definition) is 0. The highest BCUT2D eigenvalue weighted by atomic mass is 16.6. The molecule has 0 spiro atoms. The predicted octanol–water partition coefficient (Wildman–Crippen LogP) is 4.29. The minimum atomic E-state index is -0.538. The van der Waals surface area contributed by atoms with Crippen LogP contribution in [0.2, 0.25) is 0 Å².